The van der Waals surface area contributed by atoms with Gasteiger partial charge in [-0.1, -0.05) is 18.2 Å². The van der Waals surface area contributed by atoms with E-state index in [4.69, 9.17) is 4.98 Å². The normalized spacial score (nSPS) is 16.7. The van der Waals surface area contributed by atoms with E-state index in [0.717, 1.165) is 30.6 Å². The number of amides is 1. The Bertz CT molecular complexity index is 962. The van der Waals surface area contributed by atoms with Gasteiger partial charge in [0.05, 0.1) is 6.42 Å². The van der Waals surface area contributed by atoms with E-state index >= 15 is 0 Å². The highest BCUT2D eigenvalue weighted by Crippen LogP contribution is 2.27. The number of carbonyl (C=O) groups is 1. The lowest BCUT2D eigenvalue weighted by Crippen LogP contribution is -2.40. The van der Waals surface area contributed by atoms with E-state index in [9.17, 15) is 9.90 Å². The molecule has 3 heterocycles. The number of rotatable bonds is 4. The summed E-state index contributed by atoms with van der Waals surface area (Å²) in [7, 11) is 0. The van der Waals surface area contributed by atoms with Crippen molar-refractivity contribution in [1.29, 1.82) is 0 Å². The Morgan fingerprint density at radius 3 is 2.75 bits per heavy atom. The van der Waals surface area contributed by atoms with Gasteiger partial charge in [-0.15, -0.1) is 0 Å². The molecule has 2 aromatic heterocycles. The van der Waals surface area contributed by atoms with Crippen molar-refractivity contribution >= 4 is 5.91 Å². The van der Waals surface area contributed by atoms with Crippen LogP contribution in [0.25, 0.3) is 11.4 Å². The molecular weight excluding hydrogens is 352 g/mol. The Hall–Kier alpha value is -3.28. The maximum Gasteiger partial charge on any atom is 0.227 e. The molecule has 1 atom stereocenters. The van der Waals surface area contributed by atoms with Crippen LogP contribution in [0.15, 0.2) is 61.1 Å². The number of para-hydroxylation sites is 1. The van der Waals surface area contributed by atoms with E-state index in [1.165, 1.54) is 0 Å². The minimum Gasteiger partial charge on any atom is -0.508 e. The van der Waals surface area contributed by atoms with Crippen LogP contribution in [0, 0.1) is 0 Å². The van der Waals surface area contributed by atoms with Crippen LogP contribution in [0.3, 0.4) is 0 Å². The highest BCUT2D eigenvalue weighted by molar-refractivity contribution is 5.79. The summed E-state index contributed by atoms with van der Waals surface area (Å²) in [4.78, 5) is 27.8. The molecule has 1 aliphatic rings. The predicted molar refractivity (Wildman–Crippen MR) is 106 cm³/mol. The molecule has 1 aliphatic heterocycles. The van der Waals surface area contributed by atoms with Crippen molar-refractivity contribution < 1.29 is 9.90 Å². The predicted octanol–water partition coefficient (Wildman–Crippen LogP) is 3.19. The van der Waals surface area contributed by atoms with Gasteiger partial charge < -0.3 is 10.0 Å². The number of likely N-dealkylation sites (tertiary alicyclic amines) is 1. The number of phenols is 1. The quantitative estimate of drug-likeness (QED) is 0.759. The molecule has 1 amide bonds. The lowest BCUT2D eigenvalue weighted by molar-refractivity contribution is -0.131. The Kier molecular flexibility index (Phi) is 5.28. The molecule has 1 N–H and O–H groups in total. The summed E-state index contributed by atoms with van der Waals surface area (Å²) in [6.07, 6.45) is 7.38. The van der Waals surface area contributed by atoms with Crippen molar-refractivity contribution in [1.82, 2.24) is 19.9 Å². The Morgan fingerprint density at radius 1 is 1.11 bits per heavy atom. The molecule has 28 heavy (non-hydrogen) atoms. The second-order valence-corrected chi connectivity index (χ2v) is 7.03. The van der Waals surface area contributed by atoms with Gasteiger partial charge in [0.25, 0.3) is 0 Å². The van der Waals surface area contributed by atoms with Crippen molar-refractivity contribution in [2.24, 2.45) is 0 Å². The van der Waals surface area contributed by atoms with Crippen molar-refractivity contribution in [2.45, 2.75) is 25.2 Å². The number of carbonyl (C=O) groups excluding carboxylic acids is 1. The number of hydrogen-bond acceptors (Lipinski definition) is 5. The summed E-state index contributed by atoms with van der Waals surface area (Å²) in [5.74, 6) is 1.07. The first-order chi connectivity index (χ1) is 13.7. The molecule has 3 aromatic rings. The first-order valence-corrected chi connectivity index (χ1v) is 9.48. The topological polar surface area (TPSA) is 79.2 Å². The lowest BCUT2D eigenvalue weighted by atomic mass is 9.94. The molecule has 142 valence electrons. The smallest absolute Gasteiger partial charge is 0.227 e. The summed E-state index contributed by atoms with van der Waals surface area (Å²) in [6, 6.07) is 12.7. The third kappa shape index (κ3) is 4.01. The van der Waals surface area contributed by atoms with Gasteiger partial charge in [-0.2, -0.15) is 0 Å². The highest BCUT2D eigenvalue weighted by Gasteiger charge is 2.26. The SMILES string of the molecule is O=C(Cc1ccccc1O)N1CCCC(c2ccnc(-c3ccncc3)n2)C1. The zero-order valence-electron chi connectivity index (χ0n) is 15.5. The summed E-state index contributed by atoms with van der Waals surface area (Å²) in [5, 5.41) is 9.93. The number of piperidine rings is 1. The Labute approximate surface area is 163 Å². The van der Waals surface area contributed by atoms with Gasteiger partial charge in [-0.05, 0) is 37.1 Å². The van der Waals surface area contributed by atoms with Crippen molar-refractivity contribution in [2.75, 3.05) is 13.1 Å². The van der Waals surface area contributed by atoms with Gasteiger partial charge in [0.2, 0.25) is 5.91 Å². The van der Waals surface area contributed by atoms with Crippen molar-refractivity contribution in [3.63, 3.8) is 0 Å². The van der Waals surface area contributed by atoms with E-state index in [0.29, 0.717) is 17.9 Å². The lowest BCUT2D eigenvalue weighted by Gasteiger charge is -2.32. The molecule has 1 fully saturated rings. The van der Waals surface area contributed by atoms with Gasteiger partial charge in [0, 0.05) is 54.4 Å². The molecule has 1 saturated heterocycles. The van der Waals surface area contributed by atoms with E-state index in [1.54, 1.807) is 36.8 Å². The number of hydrogen-bond donors (Lipinski definition) is 1. The van der Waals surface area contributed by atoms with Gasteiger partial charge >= 0.3 is 0 Å². The zero-order chi connectivity index (χ0) is 19.3. The number of aromatic hydroxyl groups is 1. The van der Waals surface area contributed by atoms with E-state index < -0.39 is 0 Å². The summed E-state index contributed by atoms with van der Waals surface area (Å²) in [6.45, 7) is 1.38. The monoisotopic (exact) mass is 374 g/mol. The minimum atomic E-state index is 0.0367. The molecular formula is C22H22N4O2. The molecule has 1 unspecified atom stereocenters. The number of pyridine rings is 1. The van der Waals surface area contributed by atoms with E-state index in [-0.39, 0.29) is 24.0 Å². The minimum absolute atomic E-state index is 0.0367. The second kappa shape index (κ2) is 8.17. The fraction of sp³-hybridized carbons (Fsp3) is 0.273. The summed E-state index contributed by atoms with van der Waals surface area (Å²) in [5.41, 5.74) is 2.55. The third-order valence-electron chi connectivity index (χ3n) is 5.14. The van der Waals surface area contributed by atoms with Crippen LogP contribution >= 0.6 is 0 Å². The number of benzene rings is 1. The Morgan fingerprint density at radius 2 is 1.93 bits per heavy atom. The molecule has 0 bridgehead atoms. The summed E-state index contributed by atoms with van der Waals surface area (Å²) >= 11 is 0. The molecule has 6 heteroatoms. The first kappa shape index (κ1) is 18.1. The van der Waals surface area contributed by atoms with Crippen molar-refractivity contribution in [3.8, 4) is 17.1 Å². The summed E-state index contributed by atoms with van der Waals surface area (Å²) < 4.78 is 0. The standard InChI is InChI=1S/C22H22N4O2/c27-20-6-2-1-4-17(20)14-21(28)26-13-3-5-18(15-26)19-9-12-24-22(25-19)16-7-10-23-11-8-16/h1-2,4,6-12,18,27H,3,5,13-15H2. The molecule has 0 radical (unpaired) electrons. The Balaban J connectivity index is 1.48. The number of phenolic OH excluding ortho intramolecular Hbond substituents is 1. The average molecular weight is 374 g/mol. The third-order valence-corrected chi connectivity index (χ3v) is 5.14. The van der Waals surface area contributed by atoms with Crippen LogP contribution in [0.2, 0.25) is 0 Å². The first-order valence-electron chi connectivity index (χ1n) is 9.48. The molecule has 0 aliphatic carbocycles. The number of aromatic nitrogens is 3. The molecule has 0 saturated carbocycles. The van der Waals surface area contributed by atoms with Crippen LogP contribution < -0.4 is 0 Å². The fourth-order valence-electron chi connectivity index (χ4n) is 3.62. The van der Waals surface area contributed by atoms with Gasteiger partial charge in [0.1, 0.15) is 5.75 Å². The van der Waals surface area contributed by atoms with Crippen LogP contribution in [-0.4, -0.2) is 44.0 Å². The largest absolute Gasteiger partial charge is 0.508 e. The zero-order valence-corrected chi connectivity index (χ0v) is 15.5. The highest BCUT2D eigenvalue weighted by atomic mass is 16.3. The van der Waals surface area contributed by atoms with Gasteiger partial charge in [0.15, 0.2) is 5.82 Å². The van der Waals surface area contributed by atoms with Crippen LogP contribution in [0.4, 0.5) is 0 Å². The van der Waals surface area contributed by atoms with E-state index in [1.807, 2.05) is 29.2 Å². The second-order valence-electron chi connectivity index (χ2n) is 7.03. The molecule has 6 nitrogen and oxygen atoms in total. The van der Waals surface area contributed by atoms with Gasteiger partial charge in [-0.25, -0.2) is 9.97 Å². The maximum atomic E-state index is 12.8. The van der Waals surface area contributed by atoms with E-state index in [2.05, 4.69) is 9.97 Å². The molecule has 0 spiro atoms. The van der Waals surface area contributed by atoms with Crippen LogP contribution in [0.5, 0.6) is 5.75 Å². The molecule has 4 rings (SSSR count). The van der Waals surface area contributed by atoms with Gasteiger partial charge in [-0.3, -0.25) is 9.78 Å². The maximum absolute atomic E-state index is 12.8. The average Bonchev–Trinajstić information content (AvgIpc) is 2.76. The van der Waals surface area contributed by atoms with Crippen LogP contribution in [-0.2, 0) is 11.2 Å². The van der Waals surface area contributed by atoms with Crippen LogP contribution in [0.1, 0.15) is 30.0 Å². The number of nitrogens with zero attached hydrogens (tertiary/aromatic N) is 4. The molecule has 1 aromatic carbocycles. The van der Waals surface area contributed by atoms with Crippen molar-refractivity contribution in [3.05, 3.63) is 72.3 Å². The fourth-order valence-corrected chi connectivity index (χ4v) is 3.62.